The Morgan fingerprint density at radius 3 is 1.43 bits per heavy atom. The fourth-order valence-corrected chi connectivity index (χ4v) is 7.88. The lowest BCUT2D eigenvalue weighted by atomic mass is 9.92. The van der Waals surface area contributed by atoms with Gasteiger partial charge in [-0.15, -0.1) is 0 Å². The van der Waals surface area contributed by atoms with E-state index in [1.807, 2.05) is 30.3 Å². The molecule has 2 aromatic heterocycles. The number of furan rings is 2. The van der Waals surface area contributed by atoms with E-state index >= 15 is 0 Å². The molecule has 8 aromatic carbocycles. The number of hydrogen-bond donors (Lipinski definition) is 0. The van der Waals surface area contributed by atoms with Crippen molar-refractivity contribution in [2.24, 2.45) is 0 Å². The van der Waals surface area contributed by atoms with Gasteiger partial charge in [-0.05, 0) is 128 Å². The third kappa shape index (κ3) is 6.14. The Labute approximate surface area is 325 Å². The highest BCUT2D eigenvalue weighted by Gasteiger charge is 2.18. The van der Waals surface area contributed by atoms with E-state index in [0.717, 1.165) is 82.8 Å². The van der Waals surface area contributed by atoms with E-state index in [2.05, 4.69) is 183 Å². The predicted molar refractivity (Wildman–Crippen MR) is 236 cm³/mol. The summed E-state index contributed by atoms with van der Waals surface area (Å²) >= 11 is 0. The molecule has 0 saturated heterocycles. The van der Waals surface area contributed by atoms with E-state index < -0.39 is 0 Å². The summed E-state index contributed by atoms with van der Waals surface area (Å²) < 4.78 is 13.1. The molecule has 0 bridgehead atoms. The Morgan fingerprint density at radius 2 is 0.857 bits per heavy atom. The first-order valence-corrected chi connectivity index (χ1v) is 18.9. The highest BCUT2D eigenvalue weighted by molar-refractivity contribution is 6.26. The second-order valence-corrected chi connectivity index (χ2v) is 14.1. The lowest BCUT2D eigenvalue weighted by Gasteiger charge is -2.11. The molecule has 0 unspecified atom stereocenters. The number of allylic oxidation sites excluding steroid dienone is 4. The zero-order chi connectivity index (χ0) is 37.4. The summed E-state index contributed by atoms with van der Waals surface area (Å²) in [5, 5.41) is 4.20. The van der Waals surface area contributed by atoms with Crippen molar-refractivity contribution in [2.75, 3.05) is 0 Å². The van der Waals surface area contributed by atoms with Gasteiger partial charge in [0.05, 0.1) is 0 Å². The molecule has 0 spiro atoms. The Hall–Kier alpha value is -7.42. The molecule has 10 rings (SSSR count). The summed E-state index contributed by atoms with van der Waals surface area (Å²) in [6, 6.07) is 66.0. The molecule has 2 heterocycles. The normalized spacial score (nSPS) is 12.2. The molecule has 0 N–H and O–H groups in total. The lowest BCUT2D eigenvalue weighted by Crippen LogP contribution is -1.86. The minimum Gasteiger partial charge on any atom is -0.456 e. The molecule has 0 amide bonds. The topological polar surface area (TPSA) is 26.3 Å². The Bertz CT molecular complexity index is 3050. The molecular weight excluding hydrogens is 681 g/mol. The smallest absolute Gasteiger partial charge is 0.136 e. The van der Waals surface area contributed by atoms with Gasteiger partial charge in [0.2, 0.25) is 0 Å². The van der Waals surface area contributed by atoms with Crippen LogP contribution in [0.3, 0.4) is 0 Å². The van der Waals surface area contributed by atoms with Gasteiger partial charge in [-0.2, -0.15) is 0 Å². The second kappa shape index (κ2) is 14.1. The van der Waals surface area contributed by atoms with Crippen LogP contribution in [-0.4, -0.2) is 0 Å². The molecule has 0 aliphatic heterocycles. The van der Waals surface area contributed by atoms with Crippen molar-refractivity contribution in [1.82, 2.24) is 0 Å². The highest BCUT2D eigenvalue weighted by Crippen LogP contribution is 2.43. The largest absolute Gasteiger partial charge is 0.456 e. The van der Waals surface area contributed by atoms with Gasteiger partial charge in [0.25, 0.3) is 0 Å². The van der Waals surface area contributed by atoms with Crippen LogP contribution in [0.15, 0.2) is 216 Å². The Kier molecular flexibility index (Phi) is 8.35. The fourth-order valence-electron chi connectivity index (χ4n) is 7.88. The molecule has 0 atom stereocenters. The number of rotatable bonds is 8. The van der Waals surface area contributed by atoms with Crippen LogP contribution in [0.5, 0.6) is 0 Å². The molecule has 0 saturated carbocycles. The van der Waals surface area contributed by atoms with Crippen LogP contribution < -0.4 is 0 Å². The summed E-state index contributed by atoms with van der Waals surface area (Å²) in [5.41, 5.74) is 15.8. The van der Waals surface area contributed by atoms with Crippen molar-refractivity contribution >= 4 is 61.1 Å². The summed E-state index contributed by atoms with van der Waals surface area (Å²) in [5.74, 6) is 0. The van der Waals surface area contributed by atoms with E-state index in [4.69, 9.17) is 8.83 Å². The van der Waals surface area contributed by atoms with Gasteiger partial charge in [-0.1, -0.05) is 146 Å². The molecule has 0 aliphatic rings. The first kappa shape index (κ1) is 33.2. The van der Waals surface area contributed by atoms with E-state index in [9.17, 15) is 0 Å². The SMILES string of the molecule is C=C/C(=C\C(=C/c1ccccc1)c1ccc2oc3ccc4oc5ccc(-c6cc(-c7ccccc7)cc(-c7ccccc7)c6)cc5c4c3c2c1)c1ccccc1. The van der Waals surface area contributed by atoms with Gasteiger partial charge < -0.3 is 8.83 Å². The molecule has 2 heteroatoms. The minimum absolute atomic E-state index is 0.829. The molecule has 0 aliphatic carbocycles. The maximum atomic E-state index is 6.56. The zero-order valence-electron chi connectivity index (χ0n) is 30.7. The van der Waals surface area contributed by atoms with Gasteiger partial charge in [-0.3, -0.25) is 0 Å². The van der Waals surface area contributed by atoms with Crippen LogP contribution in [0, 0.1) is 0 Å². The number of benzene rings is 8. The van der Waals surface area contributed by atoms with Crippen LogP contribution >= 0.6 is 0 Å². The number of fused-ring (bicyclic) bond motifs is 7. The lowest BCUT2D eigenvalue weighted by molar-refractivity contribution is 0.663. The third-order valence-corrected chi connectivity index (χ3v) is 10.6. The minimum atomic E-state index is 0.829. The molecule has 56 heavy (non-hydrogen) atoms. The van der Waals surface area contributed by atoms with Crippen molar-refractivity contribution in [3.05, 3.63) is 223 Å². The van der Waals surface area contributed by atoms with Crippen LogP contribution in [0.25, 0.3) is 94.5 Å². The van der Waals surface area contributed by atoms with Gasteiger partial charge in [0, 0.05) is 21.5 Å². The number of hydrogen-bond acceptors (Lipinski definition) is 2. The standard InChI is InChI=1S/C54H36O2/c1-2-37(38-17-9-4-10-18-38)30-43(29-36-15-7-3-8-16-36)41-23-25-49-47(34-41)53-51(55-49)27-28-52-54(53)48-35-42(24-26-50(48)56-52)46-32-44(39-19-11-5-12-20-39)31-45(33-46)40-21-13-6-14-22-40/h2-35H,1H2/b37-30+,43-29+. The fraction of sp³-hybridized carbons (Fsp3) is 0. The Morgan fingerprint density at radius 1 is 0.375 bits per heavy atom. The van der Waals surface area contributed by atoms with E-state index in [-0.39, 0.29) is 0 Å². The maximum absolute atomic E-state index is 6.56. The van der Waals surface area contributed by atoms with Crippen LogP contribution in [-0.2, 0) is 0 Å². The van der Waals surface area contributed by atoms with Crippen LogP contribution in [0.2, 0.25) is 0 Å². The summed E-state index contributed by atoms with van der Waals surface area (Å²) in [6.07, 6.45) is 6.39. The highest BCUT2D eigenvalue weighted by atomic mass is 16.3. The average Bonchev–Trinajstić information content (AvgIpc) is 3.83. The molecule has 264 valence electrons. The van der Waals surface area contributed by atoms with Crippen molar-refractivity contribution in [3.8, 4) is 33.4 Å². The molecular formula is C54H36O2. The first-order chi connectivity index (χ1) is 27.7. The van der Waals surface area contributed by atoms with Crippen LogP contribution in [0.4, 0.5) is 0 Å². The average molecular weight is 717 g/mol. The Balaban J connectivity index is 1.17. The predicted octanol–water partition coefficient (Wildman–Crippen LogP) is 15.3. The summed E-state index contributed by atoms with van der Waals surface area (Å²) in [6.45, 7) is 4.18. The van der Waals surface area contributed by atoms with E-state index in [1.54, 1.807) is 0 Å². The third-order valence-electron chi connectivity index (χ3n) is 10.6. The first-order valence-electron chi connectivity index (χ1n) is 18.9. The van der Waals surface area contributed by atoms with Crippen molar-refractivity contribution in [2.45, 2.75) is 0 Å². The van der Waals surface area contributed by atoms with E-state index in [1.165, 1.54) is 22.3 Å². The molecule has 0 radical (unpaired) electrons. The van der Waals surface area contributed by atoms with Crippen molar-refractivity contribution < 1.29 is 8.83 Å². The van der Waals surface area contributed by atoms with Gasteiger partial charge in [0.15, 0.2) is 0 Å². The zero-order valence-corrected chi connectivity index (χ0v) is 30.7. The maximum Gasteiger partial charge on any atom is 0.136 e. The molecule has 10 aromatic rings. The van der Waals surface area contributed by atoms with Gasteiger partial charge >= 0.3 is 0 Å². The monoisotopic (exact) mass is 716 g/mol. The summed E-state index contributed by atoms with van der Waals surface area (Å²) in [7, 11) is 0. The molecule has 2 nitrogen and oxygen atoms in total. The van der Waals surface area contributed by atoms with Gasteiger partial charge in [-0.25, -0.2) is 0 Å². The van der Waals surface area contributed by atoms with Gasteiger partial charge in [0.1, 0.15) is 22.3 Å². The summed E-state index contributed by atoms with van der Waals surface area (Å²) in [4.78, 5) is 0. The quantitative estimate of drug-likeness (QED) is 0.116. The van der Waals surface area contributed by atoms with E-state index in [0.29, 0.717) is 0 Å². The van der Waals surface area contributed by atoms with Crippen LogP contribution in [0.1, 0.15) is 16.7 Å². The van der Waals surface area contributed by atoms with Crippen molar-refractivity contribution in [1.29, 1.82) is 0 Å². The van der Waals surface area contributed by atoms with Crippen molar-refractivity contribution in [3.63, 3.8) is 0 Å². The molecule has 0 fully saturated rings. The second-order valence-electron chi connectivity index (χ2n) is 14.1.